The molecule has 1 aliphatic rings. The molecule has 1 saturated carbocycles. The van der Waals surface area contributed by atoms with E-state index in [9.17, 15) is 4.79 Å². The summed E-state index contributed by atoms with van der Waals surface area (Å²) in [7, 11) is 1.88. The first-order chi connectivity index (χ1) is 10.1. The molecule has 1 fully saturated rings. The quantitative estimate of drug-likeness (QED) is 0.893. The molecule has 21 heavy (non-hydrogen) atoms. The summed E-state index contributed by atoms with van der Waals surface area (Å²) in [5, 5.41) is 12.0. The third-order valence-electron chi connectivity index (χ3n) is 3.62. The zero-order valence-electron chi connectivity index (χ0n) is 12.1. The first-order valence-corrected chi connectivity index (χ1v) is 7.91. The minimum Gasteiger partial charge on any atom is -0.381 e. The van der Waals surface area contributed by atoms with Gasteiger partial charge in [0.25, 0.3) is 5.56 Å². The number of aromatic nitrogens is 4. The van der Waals surface area contributed by atoms with E-state index < -0.39 is 0 Å². The van der Waals surface area contributed by atoms with Crippen molar-refractivity contribution in [3.63, 3.8) is 0 Å². The Morgan fingerprint density at radius 3 is 2.81 bits per heavy atom. The normalized spacial score (nSPS) is 14.4. The summed E-state index contributed by atoms with van der Waals surface area (Å²) in [5.74, 6) is 0. The average molecular weight is 352 g/mol. The largest absolute Gasteiger partial charge is 0.381 e. The van der Waals surface area contributed by atoms with E-state index in [1.165, 1.54) is 17.5 Å². The van der Waals surface area contributed by atoms with Crippen molar-refractivity contribution in [1.82, 2.24) is 19.6 Å². The summed E-state index contributed by atoms with van der Waals surface area (Å²) >= 11 is 3.56. The zero-order chi connectivity index (χ0) is 15.0. The summed E-state index contributed by atoms with van der Waals surface area (Å²) in [4.78, 5) is 12.2. The number of halogens is 1. The van der Waals surface area contributed by atoms with Crippen LogP contribution in [0.3, 0.4) is 0 Å². The van der Waals surface area contributed by atoms with Crippen molar-refractivity contribution in [1.29, 1.82) is 0 Å². The van der Waals surface area contributed by atoms with Crippen LogP contribution in [0.4, 0.5) is 5.69 Å². The molecule has 2 aromatic heterocycles. The lowest BCUT2D eigenvalue weighted by Gasteiger charge is -2.08. The second kappa shape index (κ2) is 5.63. The summed E-state index contributed by atoms with van der Waals surface area (Å²) in [5.41, 5.74) is 2.64. The molecule has 0 radical (unpaired) electrons. The second-order valence-corrected chi connectivity index (χ2v) is 6.14. The van der Waals surface area contributed by atoms with Crippen molar-refractivity contribution in [2.45, 2.75) is 38.8 Å². The molecule has 6 nitrogen and oxygen atoms in total. The number of hydrogen-bond donors (Lipinski definition) is 1. The van der Waals surface area contributed by atoms with E-state index in [0.717, 1.165) is 28.0 Å². The van der Waals surface area contributed by atoms with E-state index in [1.807, 2.05) is 7.05 Å². The fraction of sp³-hybridized carbons (Fsp3) is 0.500. The first-order valence-electron chi connectivity index (χ1n) is 7.12. The fourth-order valence-corrected chi connectivity index (χ4v) is 2.97. The van der Waals surface area contributed by atoms with Crippen LogP contribution in [-0.4, -0.2) is 25.6 Å². The average Bonchev–Trinajstić information content (AvgIpc) is 3.22. The van der Waals surface area contributed by atoms with Gasteiger partial charge in [-0.15, -0.1) is 0 Å². The molecule has 0 bridgehead atoms. The van der Waals surface area contributed by atoms with Crippen LogP contribution in [0.25, 0.3) is 0 Å². The van der Waals surface area contributed by atoms with Crippen LogP contribution in [0.2, 0.25) is 0 Å². The predicted molar refractivity (Wildman–Crippen MR) is 84.5 cm³/mol. The van der Waals surface area contributed by atoms with Crippen LogP contribution in [0.5, 0.6) is 0 Å². The van der Waals surface area contributed by atoms with Crippen molar-refractivity contribution in [3.05, 3.63) is 38.5 Å². The highest BCUT2D eigenvalue weighted by Crippen LogP contribution is 2.24. The molecule has 0 amide bonds. The van der Waals surface area contributed by atoms with Crippen LogP contribution in [0.15, 0.2) is 21.5 Å². The highest BCUT2D eigenvalue weighted by Gasteiger charge is 2.21. The zero-order valence-corrected chi connectivity index (χ0v) is 13.7. The van der Waals surface area contributed by atoms with Crippen molar-refractivity contribution in [2.75, 3.05) is 5.32 Å². The van der Waals surface area contributed by atoms with E-state index in [4.69, 9.17) is 0 Å². The first kappa shape index (κ1) is 14.3. The van der Waals surface area contributed by atoms with Gasteiger partial charge in [0.15, 0.2) is 0 Å². The van der Waals surface area contributed by atoms with E-state index in [0.29, 0.717) is 12.6 Å². The lowest BCUT2D eigenvalue weighted by Crippen LogP contribution is -2.24. The number of rotatable bonds is 5. The Morgan fingerprint density at radius 2 is 2.24 bits per heavy atom. The van der Waals surface area contributed by atoms with Gasteiger partial charge in [0, 0.05) is 19.2 Å². The molecule has 0 saturated heterocycles. The Kier molecular flexibility index (Phi) is 3.84. The molecule has 0 spiro atoms. The number of nitrogens with zero attached hydrogens (tertiary/aromatic N) is 4. The standard InChI is InChI=1S/C14H18BrN5O/c1-3-11-14(15)12(19(2)18-11)8-20-13(21)6-10(7-16-20)17-9-4-5-9/h6-7,9,17H,3-5,8H2,1-2H3. The summed E-state index contributed by atoms with van der Waals surface area (Å²) in [6, 6.07) is 2.12. The van der Waals surface area contributed by atoms with Gasteiger partial charge in [-0.2, -0.15) is 10.2 Å². The van der Waals surface area contributed by atoms with Crippen molar-refractivity contribution in [3.8, 4) is 0 Å². The molecule has 0 aromatic carbocycles. The van der Waals surface area contributed by atoms with Crippen LogP contribution >= 0.6 is 15.9 Å². The summed E-state index contributed by atoms with van der Waals surface area (Å²) in [6.45, 7) is 2.46. The van der Waals surface area contributed by atoms with Gasteiger partial charge in [-0.1, -0.05) is 6.92 Å². The SMILES string of the molecule is CCc1nn(C)c(Cn2ncc(NC3CC3)cc2=O)c1Br. The number of nitrogens with one attached hydrogen (secondary N) is 1. The maximum absolute atomic E-state index is 12.2. The molecular weight excluding hydrogens is 334 g/mol. The van der Waals surface area contributed by atoms with Crippen molar-refractivity contribution >= 4 is 21.6 Å². The molecule has 0 unspecified atom stereocenters. The van der Waals surface area contributed by atoms with Crippen molar-refractivity contribution < 1.29 is 0 Å². The molecule has 1 aliphatic carbocycles. The van der Waals surface area contributed by atoms with Gasteiger partial charge in [-0.3, -0.25) is 9.48 Å². The maximum atomic E-state index is 12.2. The maximum Gasteiger partial charge on any atom is 0.269 e. The smallest absolute Gasteiger partial charge is 0.269 e. The molecule has 112 valence electrons. The van der Waals surface area contributed by atoms with E-state index in [2.05, 4.69) is 38.4 Å². The molecule has 0 atom stereocenters. The van der Waals surface area contributed by atoms with Gasteiger partial charge < -0.3 is 5.32 Å². The van der Waals surface area contributed by atoms with Gasteiger partial charge in [-0.25, -0.2) is 4.68 Å². The Morgan fingerprint density at radius 1 is 1.48 bits per heavy atom. The molecule has 3 rings (SSSR count). The second-order valence-electron chi connectivity index (χ2n) is 5.34. The monoisotopic (exact) mass is 351 g/mol. The van der Waals surface area contributed by atoms with Gasteiger partial charge in [-0.05, 0) is 35.2 Å². The van der Waals surface area contributed by atoms with Crippen LogP contribution in [0, 0.1) is 0 Å². The Balaban J connectivity index is 1.84. The van der Waals surface area contributed by atoms with Gasteiger partial charge in [0.1, 0.15) is 0 Å². The third kappa shape index (κ3) is 3.02. The number of aryl methyl sites for hydroxylation is 2. The molecular formula is C14H18BrN5O. The molecule has 1 N–H and O–H groups in total. The Labute approximate surface area is 131 Å². The van der Waals surface area contributed by atoms with E-state index in [1.54, 1.807) is 16.9 Å². The number of hydrogen-bond acceptors (Lipinski definition) is 4. The minimum absolute atomic E-state index is 0.105. The molecule has 7 heteroatoms. The Hall–Kier alpha value is -1.63. The highest BCUT2D eigenvalue weighted by atomic mass is 79.9. The van der Waals surface area contributed by atoms with E-state index >= 15 is 0 Å². The van der Waals surface area contributed by atoms with Gasteiger partial charge in [0.2, 0.25) is 0 Å². The third-order valence-corrected chi connectivity index (χ3v) is 4.54. The molecule has 2 heterocycles. The highest BCUT2D eigenvalue weighted by molar-refractivity contribution is 9.10. The molecule has 0 aliphatic heterocycles. The Bertz CT molecular complexity index is 717. The van der Waals surface area contributed by atoms with Crippen LogP contribution in [0.1, 0.15) is 31.2 Å². The summed E-state index contributed by atoms with van der Waals surface area (Å²) < 4.78 is 4.22. The molecule has 2 aromatic rings. The topological polar surface area (TPSA) is 64.7 Å². The minimum atomic E-state index is -0.105. The lowest BCUT2D eigenvalue weighted by atomic mass is 10.3. The predicted octanol–water partition coefficient (Wildman–Crippen LogP) is 1.92. The lowest BCUT2D eigenvalue weighted by molar-refractivity contribution is 0.589. The van der Waals surface area contributed by atoms with Crippen molar-refractivity contribution in [2.24, 2.45) is 7.05 Å². The van der Waals surface area contributed by atoms with Gasteiger partial charge in [0.05, 0.1) is 34.3 Å². The van der Waals surface area contributed by atoms with E-state index in [-0.39, 0.29) is 5.56 Å². The fourth-order valence-electron chi connectivity index (χ4n) is 2.23. The summed E-state index contributed by atoms with van der Waals surface area (Å²) in [6.07, 6.45) is 4.90. The van der Waals surface area contributed by atoms with Crippen LogP contribution < -0.4 is 10.9 Å². The van der Waals surface area contributed by atoms with Gasteiger partial charge >= 0.3 is 0 Å². The number of anilines is 1. The van der Waals surface area contributed by atoms with Crippen LogP contribution in [-0.2, 0) is 20.0 Å².